The molecule has 7 heteroatoms. The molecule has 0 spiro atoms. The van der Waals surface area contributed by atoms with Crippen molar-refractivity contribution in [1.29, 1.82) is 0 Å². The van der Waals surface area contributed by atoms with Gasteiger partial charge in [-0.05, 0) is 37.8 Å². The van der Waals surface area contributed by atoms with Gasteiger partial charge < -0.3 is 9.80 Å². The van der Waals surface area contributed by atoms with Crippen LogP contribution in [0.4, 0.5) is 0 Å². The van der Waals surface area contributed by atoms with Crippen LogP contribution in [0.15, 0.2) is 72.8 Å². The second-order valence-corrected chi connectivity index (χ2v) is 11.6. The van der Waals surface area contributed by atoms with E-state index in [1.165, 1.54) is 0 Å². The van der Waals surface area contributed by atoms with Crippen LogP contribution in [-0.4, -0.2) is 82.6 Å². The Morgan fingerprint density at radius 1 is 0.659 bits per heavy atom. The van der Waals surface area contributed by atoms with E-state index in [9.17, 15) is 14.4 Å². The van der Waals surface area contributed by atoms with E-state index >= 15 is 0 Å². The second kappa shape index (κ2) is 12.4. The van der Waals surface area contributed by atoms with Crippen molar-refractivity contribution in [1.82, 2.24) is 19.7 Å². The highest BCUT2D eigenvalue weighted by Crippen LogP contribution is 2.28. The monoisotopic (exact) mass is 550 g/mol. The normalized spacial score (nSPS) is 19.4. The Labute approximate surface area is 242 Å². The van der Waals surface area contributed by atoms with E-state index in [4.69, 9.17) is 4.98 Å². The summed E-state index contributed by atoms with van der Waals surface area (Å²) < 4.78 is 0. The molecular formula is C34H38N4O3. The Morgan fingerprint density at radius 2 is 1.20 bits per heavy atom. The molecule has 1 aromatic heterocycles. The van der Waals surface area contributed by atoms with Gasteiger partial charge in [0.05, 0.1) is 11.4 Å². The summed E-state index contributed by atoms with van der Waals surface area (Å²) in [7, 11) is 0. The molecule has 212 valence electrons. The summed E-state index contributed by atoms with van der Waals surface area (Å²) in [5, 5.41) is 0. The van der Waals surface area contributed by atoms with E-state index in [-0.39, 0.29) is 17.7 Å². The van der Waals surface area contributed by atoms with Gasteiger partial charge in [0.25, 0.3) is 5.91 Å². The third-order valence-corrected chi connectivity index (χ3v) is 9.00. The number of carbonyl (C=O) groups is 3. The molecule has 3 aromatic rings. The minimum Gasteiger partial charge on any atom is -0.342 e. The number of likely N-dealkylation sites (tertiary alicyclic amines) is 1. The number of Topliss-reactive ketones (excluding diaryl/α,β-unsaturated/α-hetero) is 1. The van der Waals surface area contributed by atoms with Crippen LogP contribution < -0.4 is 0 Å². The Balaban J connectivity index is 1.08. The molecule has 0 atom stereocenters. The van der Waals surface area contributed by atoms with Crippen molar-refractivity contribution in [2.75, 3.05) is 39.3 Å². The Bertz CT molecular complexity index is 1310. The molecule has 7 nitrogen and oxygen atoms in total. The van der Waals surface area contributed by atoms with Crippen LogP contribution in [0.25, 0.3) is 22.5 Å². The maximum atomic E-state index is 13.8. The highest BCUT2D eigenvalue weighted by atomic mass is 16.2. The van der Waals surface area contributed by atoms with Gasteiger partial charge in [0.1, 0.15) is 5.78 Å². The molecule has 3 heterocycles. The molecule has 0 unspecified atom stereocenters. The maximum Gasteiger partial charge on any atom is 0.254 e. The van der Waals surface area contributed by atoms with Gasteiger partial charge in [-0.3, -0.25) is 19.3 Å². The standard InChI is InChI=1S/C34H38N4O3/c39-30-13-11-27(12-14-30)33(40)37-17-15-29(16-18-37)36-19-21-38(22-20-36)34(41)28-23-31(25-7-3-1-4-8-25)35-32(24-28)26-9-5-2-6-10-26/h1-10,23-24,27,29H,11-22H2. The predicted octanol–water partition coefficient (Wildman–Crippen LogP) is 4.92. The van der Waals surface area contributed by atoms with E-state index in [1.807, 2.05) is 82.6 Å². The predicted molar refractivity (Wildman–Crippen MR) is 159 cm³/mol. The number of benzene rings is 2. The first-order valence-electron chi connectivity index (χ1n) is 15.0. The van der Waals surface area contributed by atoms with Crippen molar-refractivity contribution in [3.05, 3.63) is 78.4 Å². The number of rotatable bonds is 5. The zero-order chi connectivity index (χ0) is 28.2. The fourth-order valence-corrected chi connectivity index (χ4v) is 6.54. The van der Waals surface area contributed by atoms with Crippen molar-refractivity contribution in [2.24, 2.45) is 5.92 Å². The number of pyridine rings is 1. The third kappa shape index (κ3) is 6.25. The average Bonchev–Trinajstić information content (AvgIpc) is 3.05. The highest BCUT2D eigenvalue weighted by Gasteiger charge is 2.34. The van der Waals surface area contributed by atoms with Crippen LogP contribution in [0, 0.1) is 5.92 Å². The summed E-state index contributed by atoms with van der Waals surface area (Å²) in [5.74, 6) is 0.612. The molecule has 1 saturated carbocycles. The molecule has 2 amide bonds. The lowest BCUT2D eigenvalue weighted by Crippen LogP contribution is -2.55. The zero-order valence-electron chi connectivity index (χ0n) is 23.6. The number of amides is 2. The molecule has 1 aliphatic carbocycles. The third-order valence-electron chi connectivity index (χ3n) is 9.00. The molecule has 3 aliphatic rings. The van der Waals surface area contributed by atoms with Crippen molar-refractivity contribution in [3.63, 3.8) is 0 Å². The quantitative estimate of drug-likeness (QED) is 0.451. The molecule has 2 aromatic carbocycles. The van der Waals surface area contributed by atoms with Crippen molar-refractivity contribution in [3.8, 4) is 22.5 Å². The molecule has 0 bridgehead atoms. The smallest absolute Gasteiger partial charge is 0.254 e. The maximum absolute atomic E-state index is 13.8. The van der Waals surface area contributed by atoms with Crippen LogP contribution in [0.5, 0.6) is 0 Å². The second-order valence-electron chi connectivity index (χ2n) is 11.6. The molecule has 2 saturated heterocycles. The van der Waals surface area contributed by atoms with Crippen LogP contribution in [0.3, 0.4) is 0 Å². The number of piperazine rings is 1. The van der Waals surface area contributed by atoms with Gasteiger partial charge in [0.2, 0.25) is 5.91 Å². The van der Waals surface area contributed by atoms with Crippen molar-refractivity contribution in [2.45, 2.75) is 44.6 Å². The number of carbonyl (C=O) groups excluding carboxylic acids is 3. The lowest BCUT2D eigenvalue weighted by molar-refractivity contribution is -0.139. The fraction of sp³-hybridized carbons (Fsp3) is 0.412. The number of aromatic nitrogens is 1. The van der Waals surface area contributed by atoms with Crippen molar-refractivity contribution < 1.29 is 14.4 Å². The highest BCUT2D eigenvalue weighted by molar-refractivity contribution is 5.96. The van der Waals surface area contributed by atoms with Gasteiger partial charge in [-0.2, -0.15) is 0 Å². The summed E-state index contributed by atoms with van der Waals surface area (Å²) >= 11 is 0. The minimum absolute atomic E-state index is 0.0248. The number of nitrogens with zero attached hydrogens (tertiary/aromatic N) is 4. The Hall–Kier alpha value is -3.84. The lowest BCUT2D eigenvalue weighted by Gasteiger charge is -2.43. The zero-order valence-corrected chi connectivity index (χ0v) is 23.6. The van der Waals surface area contributed by atoms with E-state index in [2.05, 4.69) is 4.90 Å². The van der Waals surface area contributed by atoms with Gasteiger partial charge in [-0.15, -0.1) is 0 Å². The minimum atomic E-state index is 0.0248. The largest absolute Gasteiger partial charge is 0.342 e. The van der Waals surface area contributed by atoms with E-state index < -0.39 is 0 Å². The first kappa shape index (κ1) is 27.3. The lowest BCUT2D eigenvalue weighted by atomic mass is 9.87. The Kier molecular flexibility index (Phi) is 8.23. The van der Waals surface area contributed by atoms with Gasteiger partial charge in [-0.25, -0.2) is 4.98 Å². The summed E-state index contributed by atoms with van der Waals surface area (Å²) in [6, 6.07) is 24.3. The summed E-state index contributed by atoms with van der Waals surface area (Å²) in [6.07, 6.45) is 4.47. The van der Waals surface area contributed by atoms with Crippen molar-refractivity contribution >= 4 is 17.6 Å². The van der Waals surface area contributed by atoms with Crippen LogP contribution in [0.2, 0.25) is 0 Å². The van der Waals surface area contributed by atoms with E-state index in [0.29, 0.717) is 56.2 Å². The van der Waals surface area contributed by atoms with Gasteiger partial charge in [0, 0.05) is 80.8 Å². The summed E-state index contributed by atoms with van der Waals surface area (Å²) in [4.78, 5) is 49.7. The molecule has 0 radical (unpaired) electrons. The van der Waals surface area contributed by atoms with Gasteiger partial charge in [0.15, 0.2) is 0 Å². The average molecular weight is 551 g/mol. The van der Waals surface area contributed by atoms with Crippen LogP contribution >= 0.6 is 0 Å². The molecule has 6 rings (SSSR count). The molecule has 0 N–H and O–H groups in total. The number of piperidine rings is 1. The Morgan fingerprint density at radius 3 is 1.73 bits per heavy atom. The van der Waals surface area contributed by atoms with E-state index in [0.717, 1.165) is 61.5 Å². The van der Waals surface area contributed by atoms with Gasteiger partial charge >= 0.3 is 0 Å². The molecule has 2 aliphatic heterocycles. The topological polar surface area (TPSA) is 73.8 Å². The first-order chi connectivity index (χ1) is 20.0. The molecule has 3 fully saturated rings. The fourth-order valence-electron chi connectivity index (χ4n) is 6.54. The summed E-state index contributed by atoms with van der Waals surface area (Å²) in [6.45, 7) is 4.65. The first-order valence-corrected chi connectivity index (χ1v) is 15.0. The number of hydrogen-bond donors (Lipinski definition) is 0. The van der Waals surface area contributed by atoms with E-state index in [1.54, 1.807) is 0 Å². The van der Waals surface area contributed by atoms with Crippen LogP contribution in [0.1, 0.15) is 48.9 Å². The SMILES string of the molecule is O=C1CCC(C(=O)N2CCC(N3CCN(C(=O)c4cc(-c5ccccc5)nc(-c5ccccc5)c4)CC3)CC2)CC1. The summed E-state index contributed by atoms with van der Waals surface area (Å²) in [5.41, 5.74) is 4.25. The number of hydrogen-bond acceptors (Lipinski definition) is 5. The van der Waals surface area contributed by atoms with Crippen LogP contribution in [-0.2, 0) is 9.59 Å². The molecule has 41 heavy (non-hydrogen) atoms. The number of ketones is 1. The molecular weight excluding hydrogens is 512 g/mol. The van der Waals surface area contributed by atoms with Gasteiger partial charge in [-0.1, -0.05) is 60.7 Å².